The molecule has 4 aromatic rings. The number of likely N-dealkylation sites (N-methyl/N-ethyl adjacent to an activating group) is 1. The van der Waals surface area contributed by atoms with Crippen molar-refractivity contribution in [2.24, 2.45) is 0 Å². The molecule has 5 rings (SSSR count). The molecule has 1 fully saturated rings. The molecule has 218 valence electrons. The van der Waals surface area contributed by atoms with Crippen molar-refractivity contribution >= 4 is 29.1 Å². The van der Waals surface area contributed by atoms with E-state index in [1.807, 2.05) is 11.9 Å². The highest BCUT2D eigenvalue weighted by Crippen LogP contribution is 2.25. The van der Waals surface area contributed by atoms with Gasteiger partial charge in [-0.15, -0.1) is 0 Å². The van der Waals surface area contributed by atoms with Crippen LogP contribution in [0.1, 0.15) is 10.4 Å². The van der Waals surface area contributed by atoms with Crippen LogP contribution in [0.3, 0.4) is 0 Å². The number of nitrogen functional groups attached to an aromatic ring is 1. The zero-order valence-electron chi connectivity index (χ0n) is 22.4. The molecule has 5 N–H and O–H groups in total. The van der Waals surface area contributed by atoms with Gasteiger partial charge in [-0.25, -0.2) is 8.78 Å². The number of anilines is 3. The molecule has 1 atom stereocenters. The predicted molar refractivity (Wildman–Crippen MR) is 147 cm³/mol. The molecular weight excluding hydrogens is 540 g/mol. The van der Waals surface area contributed by atoms with Crippen LogP contribution in [-0.4, -0.2) is 106 Å². The Morgan fingerprint density at radius 3 is 2.68 bits per heavy atom. The third kappa shape index (κ3) is 6.21. The van der Waals surface area contributed by atoms with Gasteiger partial charge < -0.3 is 35.5 Å². The summed E-state index contributed by atoms with van der Waals surface area (Å²) in [5.41, 5.74) is 7.07. The first-order valence-electron chi connectivity index (χ1n) is 13.0. The summed E-state index contributed by atoms with van der Waals surface area (Å²) < 4.78 is 35.9. The van der Waals surface area contributed by atoms with E-state index in [2.05, 4.69) is 25.3 Å². The number of furan rings is 1. The molecule has 1 aliphatic rings. The van der Waals surface area contributed by atoms with Gasteiger partial charge in [0, 0.05) is 65.0 Å². The van der Waals surface area contributed by atoms with Crippen molar-refractivity contribution in [2.45, 2.75) is 6.10 Å². The van der Waals surface area contributed by atoms with Crippen LogP contribution in [-0.2, 0) is 0 Å². The fourth-order valence-corrected chi connectivity index (χ4v) is 4.54. The second kappa shape index (κ2) is 12.0. The van der Waals surface area contributed by atoms with E-state index >= 15 is 0 Å². The summed E-state index contributed by atoms with van der Waals surface area (Å²) >= 11 is 0. The molecule has 41 heavy (non-hydrogen) atoms. The molecule has 1 amide bonds. The molecule has 0 unspecified atom stereocenters. The molecule has 1 saturated heterocycles. The normalized spacial score (nSPS) is 14.9. The van der Waals surface area contributed by atoms with E-state index in [0.29, 0.717) is 68.4 Å². The molecule has 0 radical (unpaired) electrons. The van der Waals surface area contributed by atoms with E-state index in [0.717, 1.165) is 0 Å². The first kappa shape index (κ1) is 28.2. The minimum atomic E-state index is -1.17. The lowest BCUT2D eigenvalue weighted by Gasteiger charge is -2.37. The predicted octanol–water partition coefficient (Wildman–Crippen LogP) is 0.586. The largest absolute Gasteiger partial charge is 0.463 e. The number of aromatic nitrogens is 4. The summed E-state index contributed by atoms with van der Waals surface area (Å²) in [5, 5.41) is 25.1. The molecule has 4 heterocycles. The van der Waals surface area contributed by atoms with Crippen molar-refractivity contribution in [1.82, 2.24) is 29.8 Å². The fraction of sp³-hybridized carbons (Fsp3) is 0.385. The summed E-state index contributed by atoms with van der Waals surface area (Å²) in [6.45, 7) is 2.65. The number of hydrogen-bond acceptors (Lipinski definition) is 11. The maximum absolute atomic E-state index is 14.7. The van der Waals surface area contributed by atoms with Crippen molar-refractivity contribution < 1.29 is 28.2 Å². The molecule has 1 aromatic carbocycles. The van der Waals surface area contributed by atoms with Crippen molar-refractivity contribution in [3.8, 4) is 11.5 Å². The highest BCUT2D eigenvalue weighted by molar-refractivity contribution is 5.95. The van der Waals surface area contributed by atoms with Gasteiger partial charge >= 0.3 is 0 Å². The van der Waals surface area contributed by atoms with E-state index < -0.39 is 30.3 Å². The van der Waals surface area contributed by atoms with Gasteiger partial charge in [-0.05, 0) is 18.2 Å². The lowest BCUT2D eigenvalue weighted by atomic mass is 10.1. The monoisotopic (exact) mass is 571 g/mol. The quantitative estimate of drug-likeness (QED) is 0.211. The minimum Gasteiger partial charge on any atom is -0.463 e. The molecule has 0 bridgehead atoms. The smallest absolute Gasteiger partial charge is 0.254 e. The molecule has 0 aliphatic carbocycles. The number of piperazine rings is 1. The van der Waals surface area contributed by atoms with Crippen LogP contribution < -0.4 is 20.9 Å². The van der Waals surface area contributed by atoms with Crippen LogP contribution in [0.5, 0.6) is 0 Å². The Balaban J connectivity index is 1.18. The number of fused-ring (bicyclic) bond motifs is 1. The van der Waals surface area contributed by atoms with Crippen LogP contribution in [0.25, 0.3) is 17.1 Å². The summed E-state index contributed by atoms with van der Waals surface area (Å²) in [6, 6.07) is 7.21. The van der Waals surface area contributed by atoms with Crippen molar-refractivity contribution in [2.75, 3.05) is 75.0 Å². The Bertz CT molecular complexity index is 1510. The van der Waals surface area contributed by atoms with Gasteiger partial charge in [0.15, 0.2) is 11.4 Å². The van der Waals surface area contributed by atoms with Crippen LogP contribution in [0.2, 0.25) is 0 Å². The molecule has 13 nitrogen and oxygen atoms in total. The number of nitrogens with two attached hydrogens (primary N) is 1. The summed E-state index contributed by atoms with van der Waals surface area (Å²) in [5.74, 6) is -1.32. The zero-order chi connectivity index (χ0) is 29.1. The zero-order valence-corrected chi connectivity index (χ0v) is 22.4. The molecule has 0 spiro atoms. The molecule has 15 heteroatoms. The van der Waals surface area contributed by atoms with E-state index in [1.54, 1.807) is 29.4 Å². The Morgan fingerprint density at radius 1 is 1.20 bits per heavy atom. The number of hydrogen-bond donors (Lipinski definition) is 4. The Morgan fingerprint density at radius 2 is 1.98 bits per heavy atom. The van der Waals surface area contributed by atoms with E-state index in [1.165, 1.54) is 10.6 Å². The van der Waals surface area contributed by atoms with Crippen molar-refractivity contribution in [3.63, 3.8) is 0 Å². The number of amides is 1. The Kier molecular flexibility index (Phi) is 8.28. The number of nitrogens with zero attached hydrogens (tertiary/aromatic N) is 7. The number of nitrogens with one attached hydrogen (secondary N) is 1. The number of aliphatic hydroxyl groups excluding tert-OH is 2. The standard InChI is InChI=1S/C26H31F2N9O4/c1-34(26-31-23-13-20(22-3-2-10-41-22)33-37(23)25(29)32-26)4-5-35-6-8-36(9-7-35)21-11-17(18(27)12-19(21)28)24(40)30-14-16(39)15-38/h2-3,10-13,16,38-39H,4-9,14-15H2,1H3,(H,30,40)(H2,29,31,32)/t16-/m1/s1. The SMILES string of the molecule is CN(CCN1CCN(c2cc(C(=O)NC[C@@H](O)CO)c(F)cc2F)CC1)c1nc(N)n2nc(-c3ccco3)cc2n1. The molecule has 0 saturated carbocycles. The van der Waals surface area contributed by atoms with Gasteiger partial charge in [-0.2, -0.15) is 19.6 Å². The third-order valence-electron chi connectivity index (χ3n) is 6.91. The maximum atomic E-state index is 14.7. The first-order chi connectivity index (χ1) is 19.7. The summed E-state index contributed by atoms with van der Waals surface area (Å²) in [4.78, 5) is 27.2. The van der Waals surface area contributed by atoms with Gasteiger partial charge in [0.05, 0.1) is 30.2 Å². The van der Waals surface area contributed by atoms with Crippen molar-refractivity contribution in [3.05, 3.63) is 53.8 Å². The number of carbonyl (C=O) groups excluding carboxylic acids is 1. The van der Waals surface area contributed by atoms with Gasteiger partial charge in [0.1, 0.15) is 17.3 Å². The van der Waals surface area contributed by atoms with Crippen LogP contribution in [0, 0.1) is 11.6 Å². The first-order valence-corrected chi connectivity index (χ1v) is 13.0. The van der Waals surface area contributed by atoms with Gasteiger partial charge in [0.2, 0.25) is 11.9 Å². The van der Waals surface area contributed by atoms with Gasteiger partial charge in [-0.1, -0.05) is 0 Å². The number of aliphatic hydroxyl groups is 2. The Labute approximate surface area is 233 Å². The molecule has 1 aliphatic heterocycles. The van der Waals surface area contributed by atoms with Crippen molar-refractivity contribution in [1.29, 1.82) is 0 Å². The van der Waals surface area contributed by atoms with Crippen LogP contribution >= 0.6 is 0 Å². The third-order valence-corrected chi connectivity index (χ3v) is 6.91. The van der Waals surface area contributed by atoms with Gasteiger partial charge in [0.25, 0.3) is 5.91 Å². The van der Waals surface area contributed by atoms with Gasteiger partial charge in [-0.3, -0.25) is 9.69 Å². The molecular formula is C26H31F2N9O4. The fourth-order valence-electron chi connectivity index (χ4n) is 4.54. The Hall–Kier alpha value is -4.34. The van der Waals surface area contributed by atoms with Crippen LogP contribution in [0.15, 0.2) is 41.0 Å². The highest BCUT2D eigenvalue weighted by Gasteiger charge is 2.24. The van der Waals surface area contributed by atoms with E-state index in [-0.39, 0.29) is 23.7 Å². The summed E-state index contributed by atoms with van der Waals surface area (Å²) in [6.07, 6.45) is 0.390. The number of halogens is 2. The lowest BCUT2D eigenvalue weighted by Crippen LogP contribution is -2.48. The number of benzene rings is 1. The average molecular weight is 572 g/mol. The van der Waals surface area contributed by atoms with E-state index in [9.17, 15) is 18.7 Å². The maximum Gasteiger partial charge on any atom is 0.254 e. The highest BCUT2D eigenvalue weighted by atomic mass is 19.1. The average Bonchev–Trinajstić information content (AvgIpc) is 3.65. The number of carbonyl (C=O) groups is 1. The second-order valence-corrected chi connectivity index (χ2v) is 9.74. The topological polar surface area (TPSA) is 162 Å². The number of rotatable bonds is 10. The lowest BCUT2D eigenvalue weighted by molar-refractivity contribution is 0.0799. The minimum absolute atomic E-state index is 0.128. The molecule has 3 aromatic heterocycles. The van der Waals surface area contributed by atoms with Crippen LogP contribution in [0.4, 0.5) is 26.4 Å². The summed E-state index contributed by atoms with van der Waals surface area (Å²) in [7, 11) is 1.87. The van der Waals surface area contributed by atoms with E-state index in [4.69, 9.17) is 15.3 Å². The second-order valence-electron chi connectivity index (χ2n) is 9.74.